The van der Waals surface area contributed by atoms with Crippen LogP contribution in [0, 0.1) is 6.92 Å². The second-order valence-electron chi connectivity index (χ2n) is 7.59. The summed E-state index contributed by atoms with van der Waals surface area (Å²) in [4.78, 5) is 6.81. The second kappa shape index (κ2) is 11.3. The van der Waals surface area contributed by atoms with Crippen LogP contribution in [-0.4, -0.2) is 47.4 Å². The Morgan fingerprint density at radius 1 is 1.16 bits per heavy atom. The molecule has 1 fully saturated rings. The van der Waals surface area contributed by atoms with Gasteiger partial charge in [0, 0.05) is 32.5 Å². The first-order chi connectivity index (χ1) is 14.7. The van der Waals surface area contributed by atoms with Crippen LogP contribution in [0.4, 0.5) is 0 Å². The van der Waals surface area contributed by atoms with Crippen LogP contribution in [0.5, 0.6) is 0 Å². The Hall–Kier alpha value is -2.39. The molecule has 1 aliphatic rings. The van der Waals surface area contributed by atoms with E-state index in [0.29, 0.717) is 6.61 Å². The lowest BCUT2D eigenvalue weighted by atomic mass is 10.0. The number of hydrogen-bond acceptors (Lipinski definition) is 3. The number of halogens is 1. The predicted octanol–water partition coefficient (Wildman–Crippen LogP) is 4.01. The molecule has 0 radical (unpaired) electrons. The van der Waals surface area contributed by atoms with Crippen LogP contribution >= 0.6 is 24.0 Å². The number of rotatable bonds is 5. The number of morpholine rings is 1. The first kappa shape index (κ1) is 23.3. The Labute approximate surface area is 201 Å². The molecule has 1 saturated heterocycles. The van der Waals surface area contributed by atoms with Gasteiger partial charge in [-0.3, -0.25) is 9.67 Å². The van der Waals surface area contributed by atoms with Crippen LogP contribution in [0.2, 0.25) is 0 Å². The molecule has 1 unspecified atom stereocenters. The summed E-state index contributed by atoms with van der Waals surface area (Å²) in [6.45, 7) is 5.97. The fraction of sp³-hybridized carbons (Fsp3) is 0.333. The Bertz CT molecular complexity index is 989. The molecule has 4 rings (SSSR count). The summed E-state index contributed by atoms with van der Waals surface area (Å²) >= 11 is 0. The minimum absolute atomic E-state index is 0. The van der Waals surface area contributed by atoms with E-state index in [-0.39, 0.29) is 30.1 Å². The second-order valence-corrected chi connectivity index (χ2v) is 7.59. The number of nitrogens with zero attached hydrogens (tertiary/aromatic N) is 4. The lowest BCUT2D eigenvalue weighted by molar-refractivity contribution is -0.00833. The van der Waals surface area contributed by atoms with Crippen LogP contribution in [0.15, 0.2) is 72.0 Å². The highest BCUT2D eigenvalue weighted by Gasteiger charge is 2.25. The largest absolute Gasteiger partial charge is 0.370 e. The van der Waals surface area contributed by atoms with Crippen molar-refractivity contribution in [2.45, 2.75) is 26.1 Å². The number of aliphatic imine (C=N–C) groups is 1. The number of nitrogens with one attached hydrogen (secondary N) is 1. The Morgan fingerprint density at radius 2 is 2.00 bits per heavy atom. The van der Waals surface area contributed by atoms with Gasteiger partial charge < -0.3 is 15.0 Å². The van der Waals surface area contributed by atoms with E-state index in [0.717, 1.165) is 32.1 Å². The first-order valence-corrected chi connectivity index (χ1v) is 10.4. The molecule has 1 aliphatic heterocycles. The van der Waals surface area contributed by atoms with Gasteiger partial charge in [-0.2, -0.15) is 5.10 Å². The molecule has 3 aromatic rings. The van der Waals surface area contributed by atoms with Crippen LogP contribution in [0.25, 0.3) is 0 Å². The van der Waals surface area contributed by atoms with Gasteiger partial charge in [0.15, 0.2) is 5.96 Å². The van der Waals surface area contributed by atoms with Gasteiger partial charge in [-0.25, -0.2) is 0 Å². The topological polar surface area (TPSA) is 54.7 Å². The maximum absolute atomic E-state index is 6.07. The van der Waals surface area contributed by atoms with Crippen LogP contribution < -0.4 is 5.32 Å². The zero-order chi connectivity index (χ0) is 20.8. The van der Waals surface area contributed by atoms with Gasteiger partial charge in [0.25, 0.3) is 0 Å². The summed E-state index contributed by atoms with van der Waals surface area (Å²) < 4.78 is 8.00. The van der Waals surface area contributed by atoms with E-state index in [1.165, 1.54) is 22.3 Å². The molecule has 0 saturated carbocycles. The van der Waals surface area contributed by atoms with E-state index in [2.05, 4.69) is 75.8 Å². The van der Waals surface area contributed by atoms with E-state index < -0.39 is 0 Å². The maximum atomic E-state index is 6.07. The van der Waals surface area contributed by atoms with Gasteiger partial charge in [-0.15, -0.1) is 24.0 Å². The van der Waals surface area contributed by atoms with Crippen molar-refractivity contribution in [3.8, 4) is 0 Å². The highest BCUT2D eigenvalue weighted by Crippen LogP contribution is 2.25. The molecular formula is C24H30IN5O. The molecule has 1 aromatic heterocycles. The molecule has 1 N–H and O–H groups in total. The molecule has 0 bridgehead atoms. The third kappa shape index (κ3) is 6.07. The minimum atomic E-state index is 0. The quantitative estimate of drug-likeness (QED) is 0.307. The van der Waals surface area contributed by atoms with Gasteiger partial charge in [-0.05, 0) is 35.2 Å². The lowest BCUT2D eigenvalue weighted by Gasteiger charge is -2.35. The standard InChI is InChI=1S/C24H29N5O.HI/c1-19-7-3-4-10-22(19)23-18-28(13-14-30-23)24(25-2)26-16-20-8-5-9-21(15-20)17-29-12-6-11-27-29;/h3-12,15,23H,13-14,16-18H2,1-2H3,(H,25,26);1H. The average molecular weight is 531 g/mol. The summed E-state index contributed by atoms with van der Waals surface area (Å²) in [7, 11) is 1.84. The van der Waals surface area contributed by atoms with Gasteiger partial charge in [-0.1, -0.05) is 48.5 Å². The highest BCUT2D eigenvalue weighted by molar-refractivity contribution is 14.0. The zero-order valence-corrected chi connectivity index (χ0v) is 20.4. The van der Waals surface area contributed by atoms with Gasteiger partial charge in [0.1, 0.15) is 6.10 Å². The van der Waals surface area contributed by atoms with Crippen LogP contribution in [0.1, 0.15) is 28.4 Å². The van der Waals surface area contributed by atoms with Crippen LogP contribution in [0.3, 0.4) is 0 Å². The van der Waals surface area contributed by atoms with E-state index in [4.69, 9.17) is 4.74 Å². The molecule has 0 spiro atoms. The molecule has 6 nitrogen and oxygen atoms in total. The molecular weight excluding hydrogens is 501 g/mol. The van der Waals surface area contributed by atoms with Crippen molar-refractivity contribution in [1.82, 2.24) is 20.0 Å². The Balaban J connectivity index is 0.00000272. The van der Waals surface area contributed by atoms with Gasteiger partial charge in [0.2, 0.25) is 0 Å². The van der Waals surface area contributed by atoms with Crippen molar-refractivity contribution in [1.29, 1.82) is 0 Å². The molecule has 0 aliphatic carbocycles. The number of ether oxygens (including phenoxy) is 1. The van der Waals surface area contributed by atoms with E-state index in [1.54, 1.807) is 0 Å². The molecule has 7 heteroatoms. The molecule has 2 aromatic carbocycles. The monoisotopic (exact) mass is 531 g/mol. The summed E-state index contributed by atoms with van der Waals surface area (Å²) in [5, 5.41) is 7.82. The zero-order valence-electron chi connectivity index (χ0n) is 18.1. The molecule has 2 heterocycles. The number of aromatic nitrogens is 2. The normalized spacial score (nSPS) is 16.6. The van der Waals surface area contributed by atoms with Gasteiger partial charge >= 0.3 is 0 Å². The first-order valence-electron chi connectivity index (χ1n) is 10.4. The summed E-state index contributed by atoms with van der Waals surface area (Å²) in [5.74, 6) is 0.911. The maximum Gasteiger partial charge on any atom is 0.194 e. The Kier molecular flexibility index (Phi) is 8.48. The molecule has 31 heavy (non-hydrogen) atoms. The smallest absolute Gasteiger partial charge is 0.194 e. The van der Waals surface area contributed by atoms with E-state index in [1.807, 2.05) is 30.2 Å². The van der Waals surface area contributed by atoms with Crippen LogP contribution in [-0.2, 0) is 17.8 Å². The number of guanidine groups is 1. The summed E-state index contributed by atoms with van der Waals surface area (Å²) in [5.41, 5.74) is 4.98. The number of benzene rings is 2. The molecule has 1 atom stereocenters. The Morgan fingerprint density at radius 3 is 2.77 bits per heavy atom. The number of hydrogen-bond donors (Lipinski definition) is 1. The predicted molar refractivity (Wildman–Crippen MR) is 135 cm³/mol. The van der Waals surface area contributed by atoms with E-state index in [9.17, 15) is 0 Å². The highest BCUT2D eigenvalue weighted by atomic mass is 127. The summed E-state index contributed by atoms with van der Waals surface area (Å²) in [6.07, 6.45) is 3.86. The third-order valence-electron chi connectivity index (χ3n) is 5.46. The number of aryl methyl sites for hydroxylation is 1. The average Bonchev–Trinajstić information content (AvgIpc) is 3.28. The fourth-order valence-corrected chi connectivity index (χ4v) is 3.91. The van der Waals surface area contributed by atoms with Crippen molar-refractivity contribution in [3.05, 3.63) is 89.2 Å². The molecule has 164 valence electrons. The summed E-state index contributed by atoms with van der Waals surface area (Å²) in [6, 6.07) is 19.0. The molecule has 0 amide bonds. The van der Waals surface area contributed by atoms with Crippen molar-refractivity contribution < 1.29 is 4.74 Å². The van der Waals surface area contributed by atoms with Crippen molar-refractivity contribution in [2.24, 2.45) is 4.99 Å². The van der Waals surface area contributed by atoms with Gasteiger partial charge in [0.05, 0.1) is 19.7 Å². The fourth-order valence-electron chi connectivity index (χ4n) is 3.91. The van der Waals surface area contributed by atoms with E-state index >= 15 is 0 Å². The third-order valence-corrected chi connectivity index (χ3v) is 5.46. The van der Waals surface area contributed by atoms with Crippen molar-refractivity contribution in [3.63, 3.8) is 0 Å². The van der Waals surface area contributed by atoms with Crippen molar-refractivity contribution in [2.75, 3.05) is 26.7 Å². The minimum Gasteiger partial charge on any atom is -0.370 e. The van der Waals surface area contributed by atoms with Crippen molar-refractivity contribution >= 4 is 29.9 Å². The lowest BCUT2D eigenvalue weighted by Crippen LogP contribution is -2.48. The SMILES string of the molecule is CN=C(NCc1cccc(Cn2cccn2)c1)N1CCOC(c2ccccc2C)C1.I.